The number of likely N-dealkylation sites (tertiary alicyclic amines) is 1. The first kappa shape index (κ1) is 33.6. The number of carbonyl (C=O) groups is 2. The second kappa shape index (κ2) is 14.8. The number of nitrogens with zero attached hydrogens (tertiary/aromatic N) is 3. The van der Waals surface area contributed by atoms with Gasteiger partial charge in [-0.25, -0.2) is 9.18 Å². The molecule has 2 saturated heterocycles. The van der Waals surface area contributed by atoms with E-state index in [4.69, 9.17) is 4.74 Å². The van der Waals surface area contributed by atoms with Crippen LogP contribution in [0.2, 0.25) is 0 Å². The highest BCUT2D eigenvalue weighted by molar-refractivity contribution is 5.94. The van der Waals surface area contributed by atoms with Crippen LogP contribution in [0, 0.1) is 11.7 Å². The second-order valence-electron chi connectivity index (χ2n) is 14.1. The zero-order chi connectivity index (χ0) is 32.8. The zero-order valence-corrected chi connectivity index (χ0v) is 28.0. The van der Waals surface area contributed by atoms with Crippen LogP contribution >= 0.6 is 0 Å². The smallest absolute Gasteiger partial charge is 0.410 e. The number of halogens is 1. The van der Waals surface area contributed by atoms with E-state index in [0.29, 0.717) is 42.7 Å². The van der Waals surface area contributed by atoms with E-state index in [9.17, 15) is 9.59 Å². The molecule has 8 heteroatoms. The lowest BCUT2D eigenvalue weighted by Gasteiger charge is -2.37. The molecule has 2 aliphatic rings. The number of ether oxygens (including phenoxy) is 1. The van der Waals surface area contributed by atoms with Crippen molar-refractivity contribution in [2.45, 2.75) is 71.7 Å². The van der Waals surface area contributed by atoms with E-state index in [2.05, 4.69) is 47.3 Å². The Labute approximate surface area is 273 Å². The molecule has 0 saturated carbocycles. The summed E-state index contributed by atoms with van der Waals surface area (Å²) in [6.45, 7) is 13.5. The van der Waals surface area contributed by atoms with Crippen molar-refractivity contribution in [1.29, 1.82) is 0 Å². The topological polar surface area (TPSA) is 65.1 Å². The molecule has 1 atom stereocenters. The maximum atomic E-state index is 15.0. The first-order valence-corrected chi connectivity index (χ1v) is 16.6. The molecule has 0 aromatic heterocycles. The quantitative estimate of drug-likeness (QED) is 0.299. The van der Waals surface area contributed by atoms with E-state index in [1.807, 2.05) is 57.2 Å². The molecule has 246 valence electrons. The maximum absolute atomic E-state index is 15.0. The van der Waals surface area contributed by atoms with E-state index >= 15 is 4.39 Å². The molecule has 2 fully saturated rings. The van der Waals surface area contributed by atoms with E-state index in [0.717, 1.165) is 62.1 Å². The van der Waals surface area contributed by atoms with Crippen molar-refractivity contribution in [1.82, 2.24) is 20.0 Å². The Morgan fingerprint density at radius 2 is 1.65 bits per heavy atom. The van der Waals surface area contributed by atoms with Gasteiger partial charge in [-0.3, -0.25) is 9.69 Å². The van der Waals surface area contributed by atoms with Gasteiger partial charge in [0.05, 0.1) is 0 Å². The lowest BCUT2D eigenvalue weighted by Crippen LogP contribution is -2.49. The van der Waals surface area contributed by atoms with Gasteiger partial charge in [-0.2, -0.15) is 0 Å². The fourth-order valence-electron chi connectivity index (χ4n) is 6.37. The van der Waals surface area contributed by atoms with Crippen molar-refractivity contribution in [3.63, 3.8) is 0 Å². The van der Waals surface area contributed by atoms with Crippen LogP contribution in [0.25, 0.3) is 11.1 Å². The minimum atomic E-state index is -0.497. The molecule has 1 unspecified atom stereocenters. The van der Waals surface area contributed by atoms with E-state index in [-0.39, 0.29) is 17.8 Å². The predicted octanol–water partition coefficient (Wildman–Crippen LogP) is 6.75. The first-order chi connectivity index (χ1) is 21.9. The first-order valence-electron chi connectivity index (χ1n) is 16.6. The number of hydrogen-bond donors (Lipinski definition) is 1. The van der Waals surface area contributed by atoms with E-state index in [1.54, 1.807) is 11.0 Å². The Morgan fingerprint density at radius 1 is 0.913 bits per heavy atom. The van der Waals surface area contributed by atoms with E-state index < -0.39 is 5.60 Å². The summed E-state index contributed by atoms with van der Waals surface area (Å²) in [6.07, 6.45) is 2.42. The number of piperidine rings is 1. The Kier molecular flexibility index (Phi) is 10.8. The standard InChI is InChI=1S/C38H49FN4O3/c1-27-25-42(19-18-41(27)5)26-31-9-7-10-32(22-31)34-23-30(12-13-35(34)39)24-40-36(44)33-11-6-8-29(21-33)20-28-14-16-43(17-15-28)37(45)46-38(2,3)4/h6-13,21-23,27-28H,14-20,24-26H2,1-5H3,(H,40,44). The highest BCUT2D eigenvalue weighted by Gasteiger charge is 2.27. The summed E-state index contributed by atoms with van der Waals surface area (Å²) in [7, 11) is 2.17. The predicted molar refractivity (Wildman–Crippen MR) is 181 cm³/mol. The van der Waals surface area contributed by atoms with Gasteiger partial charge in [0, 0.05) is 63.0 Å². The fourth-order valence-corrected chi connectivity index (χ4v) is 6.37. The van der Waals surface area contributed by atoms with Crippen LogP contribution in [0.5, 0.6) is 0 Å². The number of piperazine rings is 1. The number of benzene rings is 3. The van der Waals surface area contributed by atoms with E-state index in [1.165, 1.54) is 11.6 Å². The minimum Gasteiger partial charge on any atom is -0.444 e. The van der Waals surface area contributed by atoms with Crippen LogP contribution in [0.1, 0.15) is 67.6 Å². The normalized spacial score (nSPS) is 18.4. The summed E-state index contributed by atoms with van der Waals surface area (Å²) in [5, 5.41) is 3.02. The number of carbonyl (C=O) groups excluding carboxylic acids is 2. The second-order valence-corrected chi connectivity index (χ2v) is 14.1. The van der Waals surface area contributed by atoms with Gasteiger partial charge in [-0.15, -0.1) is 0 Å². The molecule has 0 bridgehead atoms. The third-order valence-corrected chi connectivity index (χ3v) is 9.15. The Bertz CT molecular complexity index is 1510. The molecule has 0 aliphatic carbocycles. The van der Waals surface area contributed by atoms with Crippen molar-refractivity contribution < 1.29 is 18.7 Å². The lowest BCUT2D eigenvalue weighted by molar-refractivity contribution is 0.0184. The van der Waals surface area contributed by atoms with Crippen LogP contribution in [-0.4, -0.2) is 78.1 Å². The van der Waals surface area contributed by atoms with Crippen LogP contribution in [0.15, 0.2) is 66.7 Å². The van der Waals surface area contributed by atoms with Gasteiger partial charge in [0.1, 0.15) is 11.4 Å². The summed E-state index contributed by atoms with van der Waals surface area (Å²) in [5.74, 6) is 0.0132. The highest BCUT2D eigenvalue weighted by Crippen LogP contribution is 2.27. The number of amides is 2. The largest absolute Gasteiger partial charge is 0.444 e. The summed E-state index contributed by atoms with van der Waals surface area (Å²) < 4.78 is 20.6. The minimum absolute atomic E-state index is 0.157. The van der Waals surface area contributed by atoms with Crippen LogP contribution in [0.4, 0.5) is 9.18 Å². The molecule has 2 heterocycles. The average molecular weight is 629 g/mol. The third kappa shape index (κ3) is 9.17. The summed E-state index contributed by atoms with van der Waals surface area (Å²) in [5.41, 5.74) is 4.62. The molecule has 1 N–H and O–H groups in total. The summed E-state index contributed by atoms with van der Waals surface area (Å²) >= 11 is 0. The molecule has 3 aromatic rings. The Balaban J connectivity index is 1.15. The highest BCUT2D eigenvalue weighted by atomic mass is 19.1. The fraction of sp³-hybridized carbons (Fsp3) is 0.474. The molecule has 3 aromatic carbocycles. The summed E-state index contributed by atoms with van der Waals surface area (Å²) in [6, 6.07) is 21.5. The molecule has 7 nitrogen and oxygen atoms in total. The van der Waals surface area contributed by atoms with Crippen molar-refractivity contribution in [2.75, 3.05) is 39.8 Å². The molecule has 2 amide bonds. The molecule has 0 spiro atoms. The van der Waals surface area contributed by atoms with Crippen molar-refractivity contribution >= 4 is 12.0 Å². The number of rotatable bonds is 8. The number of hydrogen-bond acceptors (Lipinski definition) is 5. The van der Waals surface area contributed by atoms with Crippen molar-refractivity contribution in [3.8, 4) is 11.1 Å². The van der Waals surface area contributed by atoms with Crippen molar-refractivity contribution in [3.05, 3.63) is 94.8 Å². The van der Waals surface area contributed by atoms with Gasteiger partial charge < -0.3 is 19.9 Å². The van der Waals surface area contributed by atoms with Gasteiger partial charge in [0.25, 0.3) is 5.91 Å². The molecular weight excluding hydrogens is 579 g/mol. The van der Waals surface area contributed by atoms with Crippen LogP contribution in [-0.2, 0) is 24.2 Å². The van der Waals surface area contributed by atoms with Gasteiger partial charge in [0.15, 0.2) is 0 Å². The Hall–Kier alpha value is -3.75. The molecular formula is C38H49FN4O3. The van der Waals surface area contributed by atoms with Gasteiger partial charge >= 0.3 is 6.09 Å². The molecule has 2 aliphatic heterocycles. The molecule has 5 rings (SSSR count). The molecule has 0 radical (unpaired) electrons. The maximum Gasteiger partial charge on any atom is 0.410 e. The van der Waals surface area contributed by atoms with Gasteiger partial charge in [0.2, 0.25) is 0 Å². The third-order valence-electron chi connectivity index (χ3n) is 9.15. The average Bonchev–Trinajstić information content (AvgIpc) is 3.02. The lowest BCUT2D eigenvalue weighted by atomic mass is 9.90. The monoisotopic (exact) mass is 628 g/mol. The SMILES string of the molecule is CC1CN(Cc2cccc(-c3cc(CNC(=O)c4cccc(CC5CCN(C(=O)OC(C)(C)C)CC5)c4)ccc3F)c2)CCN1C. The van der Waals surface area contributed by atoms with Crippen LogP contribution in [0.3, 0.4) is 0 Å². The number of likely N-dealkylation sites (N-methyl/N-ethyl adjacent to an activating group) is 1. The molecule has 46 heavy (non-hydrogen) atoms. The number of nitrogens with one attached hydrogen (secondary N) is 1. The van der Waals surface area contributed by atoms with Crippen LogP contribution < -0.4 is 5.32 Å². The van der Waals surface area contributed by atoms with Crippen molar-refractivity contribution in [2.24, 2.45) is 5.92 Å². The van der Waals surface area contributed by atoms with Gasteiger partial charge in [-0.1, -0.05) is 36.4 Å². The Morgan fingerprint density at radius 3 is 2.39 bits per heavy atom. The zero-order valence-electron chi connectivity index (χ0n) is 28.0. The van der Waals surface area contributed by atoms with Gasteiger partial charge in [-0.05, 0) is 113 Å². The summed E-state index contributed by atoms with van der Waals surface area (Å²) in [4.78, 5) is 32.2.